The standard InChI is InChI=1S/C26H28N2O7/c29-22(28-14-26(33,15-28)23(30)31)25(10-5-11-34-16-25)13-27-24(32)35-12-21-19-8-3-1-6-17(19)18-7-2-4-9-20(18)21/h1-4,6-9,21,33H,5,10-16H2,(H,27,32)(H,30,31). The molecular formula is C26H28N2O7. The first-order valence-electron chi connectivity index (χ1n) is 11.7. The summed E-state index contributed by atoms with van der Waals surface area (Å²) < 4.78 is 11.1. The number of hydrogen-bond acceptors (Lipinski definition) is 6. The van der Waals surface area contributed by atoms with Gasteiger partial charge < -0.3 is 29.9 Å². The van der Waals surface area contributed by atoms with E-state index in [0.29, 0.717) is 19.4 Å². The fourth-order valence-electron chi connectivity index (χ4n) is 5.33. The van der Waals surface area contributed by atoms with Crippen LogP contribution in [0.1, 0.15) is 29.9 Å². The zero-order valence-electron chi connectivity index (χ0n) is 19.2. The van der Waals surface area contributed by atoms with Gasteiger partial charge in [-0.2, -0.15) is 0 Å². The molecular weight excluding hydrogens is 452 g/mol. The number of aliphatic hydroxyl groups is 1. The van der Waals surface area contributed by atoms with Gasteiger partial charge in [-0.15, -0.1) is 0 Å². The number of carbonyl (C=O) groups excluding carboxylic acids is 2. The Balaban J connectivity index is 1.22. The molecule has 2 fully saturated rings. The molecule has 3 aliphatic rings. The van der Waals surface area contributed by atoms with Crippen LogP contribution < -0.4 is 5.32 Å². The number of likely N-dealkylation sites (tertiary alicyclic amines) is 1. The van der Waals surface area contributed by atoms with E-state index in [0.717, 1.165) is 22.3 Å². The van der Waals surface area contributed by atoms with E-state index >= 15 is 0 Å². The molecule has 0 spiro atoms. The number of carboxylic acids is 1. The van der Waals surface area contributed by atoms with Crippen LogP contribution in [0.25, 0.3) is 11.1 Å². The summed E-state index contributed by atoms with van der Waals surface area (Å²) in [7, 11) is 0. The second-order valence-corrected chi connectivity index (χ2v) is 9.61. The number of carbonyl (C=O) groups is 3. The van der Waals surface area contributed by atoms with Crippen molar-refractivity contribution in [2.75, 3.05) is 39.5 Å². The van der Waals surface area contributed by atoms with Crippen molar-refractivity contribution in [2.45, 2.75) is 24.4 Å². The topological polar surface area (TPSA) is 125 Å². The average molecular weight is 481 g/mol. The van der Waals surface area contributed by atoms with Gasteiger partial charge in [0.15, 0.2) is 5.60 Å². The molecule has 9 heteroatoms. The molecule has 5 rings (SSSR count). The molecule has 0 aromatic heterocycles. The number of hydrogen-bond donors (Lipinski definition) is 3. The first-order valence-corrected chi connectivity index (χ1v) is 11.7. The minimum absolute atomic E-state index is 0.00447. The number of amides is 2. The number of benzene rings is 2. The van der Waals surface area contributed by atoms with Crippen LogP contribution in [0.3, 0.4) is 0 Å². The molecule has 1 atom stereocenters. The average Bonchev–Trinajstić information content (AvgIpc) is 3.18. The third-order valence-corrected chi connectivity index (χ3v) is 7.28. The van der Waals surface area contributed by atoms with Crippen LogP contribution in [-0.4, -0.2) is 78.1 Å². The molecule has 3 N–H and O–H groups in total. The smallest absolute Gasteiger partial charge is 0.407 e. The Morgan fingerprint density at radius 1 is 1.06 bits per heavy atom. The van der Waals surface area contributed by atoms with Crippen LogP contribution in [0.5, 0.6) is 0 Å². The van der Waals surface area contributed by atoms with Gasteiger partial charge in [0.25, 0.3) is 0 Å². The predicted molar refractivity (Wildman–Crippen MR) is 125 cm³/mol. The largest absolute Gasteiger partial charge is 0.479 e. The third kappa shape index (κ3) is 4.15. The van der Waals surface area contributed by atoms with Crippen molar-refractivity contribution in [2.24, 2.45) is 5.41 Å². The van der Waals surface area contributed by atoms with Crippen LogP contribution in [0.4, 0.5) is 4.79 Å². The van der Waals surface area contributed by atoms with Crippen molar-refractivity contribution in [3.63, 3.8) is 0 Å². The highest BCUT2D eigenvalue weighted by Gasteiger charge is 2.54. The van der Waals surface area contributed by atoms with E-state index in [1.807, 2.05) is 36.4 Å². The Bertz CT molecular complexity index is 1110. The Kier molecular flexibility index (Phi) is 5.98. The first kappa shape index (κ1) is 23.3. The molecule has 2 aromatic rings. The summed E-state index contributed by atoms with van der Waals surface area (Å²) >= 11 is 0. The van der Waals surface area contributed by atoms with Crippen LogP contribution in [0.15, 0.2) is 48.5 Å². The molecule has 2 heterocycles. The highest BCUT2D eigenvalue weighted by atomic mass is 16.5. The summed E-state index contributed by atoms with van der Waals surface area (Å²) in [4.78, 5) is 38.4. The number of fused-ring (bicyclic) bond motifs is 3. The van der Waals surface area contributed by atoms with Crippen molar-refractivity contribution >= 4 is 18.0 Å². The van der Waals surface area contributed by atoms with Crippen LogP contribution in [0.2, 0.25) is 0 Å². The van der Waals surface area contributed by atoms with E-state index in [2.05, 4.69) is 17.4 Å². The van der Waals surface area contributed by atoms with E-state index in [-0.39, 0.29) is 44.7 Å². The minimum Gasteiger partial charge on any atom is -0.479 e. The second-order valence-electron chi connectivity index (χ2n) is 9.61. The Hall–Kier alpha value is -3.43. The molecule has 2 saturated heterocycles. The minimum atomic E-state index is -1.92. The number of ether oxygens (including phenoxy) is 2. The summed E-state index contributed by atoms with van der Waals surface area (Å²) in [6.07, 6.45) is 0.488. The second kappa shape index (κ2) is 8.98. The normalized spacial score (nSPS) is 22.5. The summed E-state index contributed by atoms with van der Waals surface area (Å²) in [5.41, 5.74) is 1.54. The number of aliphatic carboxylic acids is 1. The van der Waals surface area contributed by atoms with Gasteiger partial charge >= 0.3 is 12.1 Å². The molecule has 2 amide bonds. The SMILES string of the molecule is O=C(NCC1(C(=O)N2CC(O)(C(=O)O)C2)CCCOC1)OCC1c2ccccc2-c2ccccc21. The van der Waals surface area contributed by atoms with E-state index < -0.39 is 23.1 Å². The summed E-state index contributed by atoms with van der Waals surface area (Å²) in [5.74, 6) is -1.76. The number of nitrogens with zero attached hydrogens (tertiary/aromatic N) is 1. The van der Waals surface area contributed by atoms with Gasteiger partial charge in [0, 0.05) is 19.1 Å². The molecule has 35 heavy (non-hydrogen) atoms. The number of nitrogens with one attached hydrogen (secondary N) is 1. The fraction of sp³-hybridized carbons (Fsp3) is 0.423. The Morgan fingerprint density at radius 3 is 2.26 bits per heavy atom. The van der Waals surface area contributed by atoms with Crippen molar-refractivity contribution in [3.05, 3.63) is 59.7 Å². The monoisotopic (exact) mass is 480 g/mol. The van der Waals surface area contributed by atoms with Gasteiger partial charge in [-0.05, 0) is 35.1 Å². The van der Waals surface area contributed by atoms with E-state index in [1.54, 1.807) is 0 Å². The zero-order chi connectivity index (χ0) is 24.6. The van der Waals surface area contributed by atoms with Crippen LogP contribution >= 0.6 is 0 Å². The zero-order valence-corrected chi connectivity index (χ0v) is 19.2. The molecule has 0 saturated carbocycles. The van der Waals surface area contributed by atoms with Gasteiger partial charge in [-0.25, -0.2) is 9.59 Å². The summed E-state index contributed by atoms with van der Waals surface area (Å²) in [5, 5.41) is 21.9. The lowest BCUT2D eigenvalue weighted by atomic mass is 9.79. The molecule has 2 aliphatic heterocycles. The molecule has 184 valence electrons. The van der Waals surface area contributed by atoms with Gasteiger partial charge in [0.1, 0.15) is 6.61 Å². The van der Waals surface area contributed by atoms with Gasteiger partial charge in [0.2, 0.25) is 5.91 Å². The molecule has 1 unspecified atom stereocenters. The fourth-order valence-corrected chi connectivity index (χ4v) is 5.33. The predicted octanol–water partition coefficient (Wildman–Crippen LogP) is 1.98. The van der Waals surface area contributed by atoms with Gasteiger partial charge in [0.05, 0.1) is 25.1 Å². The number of β-amino-alcohol motifs (C(OH)–C–C–N with tert-alkyl or cyclic N) is 1. The van der Waals surface area contributed by atoms with Crippen molar-refractivity contribution in [1.29, 1.82) is 0 Å². The van der Waals surface area contributed by atoms with Gasteiger partial charge in [-0.1, -0.05) is 48.5 Å². The summed E-state index contributed by atoms with van der Waals surface area (Å²) in [6, 6.07) is 16.1. The van der Waals surface area contributed by atoms with Gasteiger partial charge in [-0.3, -0.25) is 4.79 Å². The number of carboxylic acid groups (broad SMARTS) is 1. The molecule has 9 nitrogen and oxygen atoms in total. The van der Waals surface area contributed by atoms with Crippen molar-refractivity contribution in [3.8, 4) is 11.1 Å². The molecule has 2 aromatic carbocycles. The Morgan fingerprint density at radius 2 is 1.69 bits per heavy atom. The van der Waals surface area contributed by atoms with E-state index in [4.69, 9.17) is 14.6 Å². The number of rotatable bonds is 6. The third-order valence-electron chi connectivity index (χ3n) is 7.28. The highest BCUT2D eigenvalue weighted by Crippen LogP contribution is 2.44. The first-order chi connectivity index (χ1) is 16.8. The maximum absolute atomic E-state index is 13.2. The maximum Gasteiger partial charge on any atom is 0.407 e. The van der Waals surface area contributed by atoms with E-state index in [1.165, 1.54) is 4.90 Å². The molecule has 1 aliphatic carbocycles. The highest BCUT2D eigenvalue weighted by molar-refractivity contribution is 5.89. The van der Waals surface area contributed by atoms with Crippen molar-refractivity contribution < 1.29 is 34.1 Å². The summed E-state index contributed by atoms with van der Waals surface area (Å²) in [6.45, 7) is 0.220. The lowest BCUT2D eigenvalue weighted by Crippen LogP contribution is -2.70. The van der Waals surface area contributed by atoms with Crippen LogP contribution in [-0.2, 0) is 19.1 Å². The van der Waals surface area contributed by atoms with E-state index in [9.17, 15) is 19.5 Å². The lowest BCUT2D eigenvalue weighted by Gasteiger charge is -2.48. The quantitative estimate of drug-likeness (QED) is 0.577. The molecule has 0 bridgehead atoms. The lowest BCUT2D eigenvalue weighted by molar-refractivity contribution is -0.188. The van der Waals surface area contributed by atoms with Crippen LogP contribution in [0, 0.1) is 5.41 Å². The maximum atomic E-state index is 13.2. The van der Waals surface area contributed by atoms with Crippen molar-refractivity contribution in [1.82, 2.24) is 10.2 Å². The Labute approximate surface area is 202 Å². The number of alkyl carbamates (subject to hydrolysis) is 1. The molecule has 0 radical (unpaired) electrons.